The zero-order valence-electron chi connectivity index (χ0n) is 12.9. The Hall–Kier alpha value is -1.75. The first-order valence-electron chi connectivity index (χ1n) is 7.57. The Kier molecular flexibility index (Phi) is 5.07. The van der Waals surface area contributed by atoms with E-state index in [0.717, 1.165) is 24.1 Å². The van der Waals surface area contributed by atoms with Gasteiger partial charge in [-0.25, -0.2) is 0 Å². The van der Waals surface area contributed by atoms with Crippen molar-refractivity contribution in [2.75, 3.05) is 0 Å². The van der Waals surface area contributed by atoms with E-state index in [1.807, 2.05) is 32.9 Å². The van der Waals surface area contributed by atoms with Crippen LogP contribution in [-0.2, 0) is 16.1 Å². The molecule has 1 fully saturated rings. The molecule has 5 nitrogen and oxygen atoms in total. The lowest BCUT2D eigenvalue weighted by molar-refractivity contribution is -0.141. The maximum Gasteiger partial charge on any atom is 0.247 e. The molecule has 1 atom stereocenters. The molecule has 5 heteroatoms. The number of likely N-dealkylation sites (tertiary alicyclic amines) is 1. The maximum absolute atomic E-state index is 12.4. The van der Waals surface area contributed by atoms with E-state index in [-0.39, 0.29) is 24.3 Å². The highest BCUT2D eigenvalue weighted by Crippen LogP contribution is 2.20. The van der Waals surface area contributed by atoms with E-state index in [1.54, 1.807) is 6.20 Å². The van der Waals surface area contributed by atoms with Gasteiger partial charge in [-0.15, -0.1) is 0 Å². The smallest absolute Gasteiger partial charge is 0.247 e. The van der Waals surface area contributed by atoms with Crippen molar-refractivity contribution in [3.63, 3.8) is 0 Å². The minimum absolute atomic E-state index is 0.0258. The summed E-state index contributed by atoms with van der Waals surface area (Å²) in [5, 5.41) is 3.18. The van der Waals surface area contributed by atoms with Crippen LogP contribution in [0.5, 0.6) is 0 Å². The number of hydrogen-bond donors (Lipinski definition) is 1. The molecule has 0 bridgehead atoms. The highest BCUT2D eigenvalue weighted by Gasteiger charge is 2.40. The van der Waals surface area contributed by atoms with Gasteiger partial charge in [0.05, 0.1) is 12.5 Å². The second-order valence-corrected chi connectivity index (χ2v) is 5.52. The van der Waals surface area contributed by atoms with Gasteiger partial charge in [0.15, 0.2) is 0 Å². The Balaban J connectivity index is 1.97. The molecular weight excluding hydrogens is 266 g/mol. The first-order valence-corrected chi connectivity index (χ1v) is 7.57. The molecule has 114 valence electrons. The lowest BCUT2D eigenvalue weighted by Gasteiger charge is -2.24. The first kappa shape index (κ1) is 15.6. The van der Waals surface area contributed by atoms with Crippen LogP contribution in [0.25, 0.3) is 0 Å². The van der Waals surface area contributed by atoms with Crippen molar-refractivity contribution >= 4 is 11.8 Å². The average Bonchev–Trinajstić information content (AvgIpc) is 2.76. The minimum atomic E-state index is -0.403. The van der Waals surface area contributed by atoms with Gasteiger partial charge in [0.1, 0.15) is 0 Å². The number of carbonyl (C=O) groups is 2. The number of nitrogens with zero attached hydrogens (tertiary/aromatic N) is 2. The molecule has 1 aliphatic heterocycles. The molecule has 2 rings (SSSR count). The predicted molar refractivity (Wildman–Crippen MR) is 80.4 cm³/mol. The van der Waals surface area contributed by atoms with Crippen LogP contribution >= 0.6 is 0 Å². The summed E-state index contributed by atoms with van der Waals surface area (Å²) in [7, 11) is 0. The van der Waals surface area contributed by atoms with Crippen LogP contribution in [0.15, 0.2) is 18.3 Å². The topological polar surface area (TPSA) is 62.3 Å². The molecule has 21 heavy (non-hydrogen) atoms. The maximum atomic E-state index is 12.4. The predicted octanol–water partition coefficient (Wildman–Crippen LogP) is 1.80. The summed E-state index contributed by atoms with van der Waals surface area (Å²) in [5.74, 6) is -0.151. The number of hydrogen-bond acceptors (Lipinski definition) is 4. The SMILES string of the molecule is CCC(CC)N1C(=O)CC(NCc2ccc(C)nc2)C1=O. The number of carbonyl (C=O) groups excluding carboxylic acids is 2. The van der Waals surface area contributed by atoms with E-state index in [0.29, 0.717) is 6.54 Å². The van der Waals surface area contributed by atoms with E-state index < -0.39 is 6.04 Å². The molecule has 1 unspecified atom stereocenters. The molecule has 2 heterocycles. The normalized spacial score (nSPS) is 18.9. The molecule has 1 aromatic rings. The highest BCUT2D eigenvalue weighted by molar-refractivity contribution is 6.05. The van der Waals surface area contributed by atoms with E-state index >= 15 is 0 Å². The van der Waals surface area contributed by atoms with E-state index in [2.05, 4.69) is 10.3 Å². The van der Waals surface area contributed by atoms with Crippen molar-refractivity contribution in [1.29, 1.82) is 0 Å². The van der Waals surface area contributed by atoms with Gasteiger partial charge in [-0.2, -0.15) is 0 Å². The largest absolute Gasteiger partial charge is 0.301 e. The van der Waals surface area contributed by atoms with Crippen LogP contribution in [0.1, 0.15) is 44.4 Å². The van der Waals surface area contributed by atoms with Gasteiger partial charge in [0.2, 0.25) is 11.8 Å². The number of aromatic nitrogens is 1. The van der Waals surface area contributed by atoms with Gasteiger partial charge in [-0.1, -0.05) is 19.9 Å². The minimum Gasteiger partial charge on any atom is -0.301 e. The zero-order valence-corrected chi connectivity index (χ0v) is 12.9. The molecule has 2 amide bonds. The third-order valence-corrected chi connectivity index (χ3v) is 4.02. The van der Waals surface area contributed by atoms with Crippen LogP contribution in [0.3, 0.4) is 0 Å². The molecule has 1 saturated heterocycles. The van der Waals surface area contributed by atoms with Gasteiger partial charge in [0, 0.05) is 24.5 Å². The van der Waals surface area contributed by atoms with Crippen LogP contribution < -0.4 is 5.32 Å². The van der Waals surface area contributed by atoms with E-state index in [9.17, 15) is 9.59 Å². The summed E-state index contributed by atoms with van der Waals surface area (Å²) in [6.45, 7) is 6.50. The van der Waals surface area contributed by atoms with Crippen LogP contribution in [-0.4, -0.2) is 33.8 Å². The van der Waals surface area contributed by atoms with Crippen LogP contribution in [0.2, 0.25) is 0 Å². The zero-order chi connectivity index (χ0) is 15.4. The van der Waals surface area contributed by atoms with Gasteiger partial charge in [-0.3, -0.25) is 19.5 Å². The quantitative estimate of drug-likeness (QED) is 0.811. The number of pyridine rings is 1. The molecular formula is C16H23N3O2. The summed E-state index contributed by atoms with van der Waals surface area (Å²) in [4.78, 5) is 30.1. The van der Waals surface area contributed by atoms with E-state index in [1.165, 1.54) is 4.90 Å². The Morgan fingerprint density at radius 3 is 2.62 bits per heavy atom. The standard InChI is InChI=1S/C16H23N3O2/c1-4-13(5-2)19-15(20)8-14(16(19)21)18-10-12-7-6-11(3)17-9-12/h6-7,9,13-14,18H,4-5,8,10H2,1-3H3. The lowest BCUT2D eigenvalue weighted by Crippen LogP contribution is -2.43. The molecule has 1 N–H and O–H groups in total. The van der Waals surface area contributed by atoms with Crippen LogP contribution in [0.4, 0.5) is 0 Å². The summed E-state index contributed by atoms with van der Waals surface area (Å²) in [5.41, 5.74) is 1.98. The number of rotatable bonds is 6. The van der Waals surface area contributed by atoms with E-state index in [4.69, 9.17) is 0 Å². The molecule has 0 radical (unpaired) electrons. The second-order valence-electron chi connectivity index (χ2n) is 5.52. The molecule has 0 aromatic carbocycles. The third-order valence-electron chi connectivity index (χ3n) is 4.02. The van der Waals surface area contributed by atoms with Gasteiger partial charge >= 0.3 is 0 Å². The summed E-state index contributed by atoms with van der Waals surface area (Å²) < 4.78 is 0. The summed E-state index contributed by atoms with van der Waals surface area (Å²) >= 11 is 0. The average molecular weight is 289 g/mol. The van der Waals surface area contributed by atoms with Gasteiger partial charge in [-0.05, 0) is 31.4 Å². The molecule has 0 saturated carbocycles. The molecule has 0 aliphatic carbocycles. The lowest BCUT2D eigenvalue weighted by atomic mass is 10.1. The fourth-order valence-electron chi connectivity index (χ4n) is 2.69. The van der Waals surface area contributed by atoms with Crippen molar-refractivity contribution in [2.24, 2.45) is 0 Å². The van der Waals surface area contributed by atoms with Crippen molar-refractivity contribution in [2.45, 2.75) is 58.7 Å². The summed E-state index contributed by atoms with van der Waals surface area (Å²) in [6, 6.07) is 3.54. The molecule has 0 spiro atoms. The first-order chi connectivity index (χ1) is 10.1. The molecule has 1 aromatic heterocycles. The number of nitrogens with one attached hydrogen (secondary N) is 1. The Morgan fingerprint density at radius 1 is 1.33 bits per heavy atom. The fraction of sp³-hybridized carbons (Fsp3) is 0.562. The Bertz CT molecular complexity index is 509. The Labute approximate surface area is 125 Å². The Morgan fingerprint density at radius 2 is 2.05 bits per heavy atom. The second kappa shape index (κ2) is 6.80. The van der Waals surface area contributed by atoms with Gasteiger partial charge in [0.25, 0.3) is 0 Å². The third kappa shape index (κ3) is 3.47. The van der Waals surface area contributed by atoms with Crippen molar-refractivity contribution in [3.05, 3.63) is 29.6 Å². The van der Waals surface area contributed by atoms with Crippen molar-refractivity contribution < 1.29 is 9.59 Å². The van der Waals surface area contributed by atoms with Crippen molar-refractivity contribution in [1.82, 2.24) is 15.2 Å². The fourth-order valence-corrected chi connectivity index (χ4v) is 2.69. The van der Waals surface area contributed by atoms with Crippen LogP contribution in [0, 0.1) is 6.92 Å². The highest BCUT2D eigenvalue weighted by atomic mass is 16.2. The van der Waals surface area contributed by atoms with Gasteiger partial charge < -0.3 is 5.32 Å². The summed E-state index contributed by atoms with van der Waals surface area (Å²) in [6.07, 6.45) is 3.67. The number of amides is 2. The number of imide groups is 1. The number of aryl methyl sites for hydroxylation is 1. The molecule has 1 aliphatic rings. The van der Waals surface area contributed by atoms with Crippen molar-refractivity contribution in [3.8, 4) is 0 Å². The monoisotopic (exact) mass is 289 g/mol.